The molecule has 1 aromatic heterocycles. The van der Waals surface area contributed by atoms with Crippen molar-refractivity contribution in [1.82, 2.24) is 15.7 Å². The molecule has 2 aromatic rings. The second kappa shape index (κ2) is 11.2. The Morgan fingerprint density at radius 1 is 1.23 bits per heavy atom. The van der Waals surface area contributed by atoms with Crippen molar-refractivity contribution in [2.75, 3.05) is 20.7 Å². The van der Waals surface area contributed by atoms with Gasteiger partial charge in [0.1, 0.15) is 24.8 Å². The predicted molar refractivity (Wildman–Crippen MR) is 110 cm³/mol. The van der Waals surface area contributed by atoms with E-state index in [0.29, 0.717) is 23.5 Å². The van der Waals surface area contributed by atoms with Gasteiger partial charge in [-0.1, -0.05) is 17.0 Å². The highest BCUT2D eigenvalue weighted by atomic mass is 16.6. The number of nitrogens with one attached hydrogen (secondary N) is 2. The van der Waals surface area contributed by atoms with E-state index in [1.807, 2.05) is 6.92 Å². The summed E-state index contributed by atoms with van der Waals surface area (Å²) in [5.41, 5.74) is 2.91. The van der Waals surface area contributed by atoms with Gasteiger partial charge in [-0.25, -0.2) is 5.48 Å². The molecule has 0 aliphatic carbocycles. The number of hydroxylamine groups is 1. The maximum atomic E-state index is 12.6. The summed E-state index contributed by atoms with van der Waals surface area (Å²) in [5.74, 6) is 4.03. The fourth-order valence-corrected chi connectivity index (χ4v) is 2.48. The Balaban J connectivity index is 2.11. The van der Waals surface area contributed by atoms with Crippen molar-refractivity contribution in [3.8, 4) is 11.8 Å². The molecule has 3 N–H and O–H groups in total. The fourth-order valence-electron chi connectivity index (χ4n) is 2.48. The molecule has 162 valence electrons. The molecule has 10 nitrogen and oxygen atoms in total. The molecule has 1 unspecified atom stereocenters. The summed E-state index contributed by atoms with van der Waals surface area (Å²) in [5, 5.41) is 14.8. The lowest BCUT2D eigenvalue weighted by atomic mass is 10.1. The number of likely N-dealkylation sites (N-methyl/N-ethyl adjacent to an activating group) is 2. The molecule has 10 heteroatoms. The minimum Gasteiger partial charge on any atom is -0.462 e. The van der Waals surface area contributed by atoms with Crippen molar-refractivity contribution in [1.29, 1.82) is 0 Å². The van der Waals surface area contributed by atoms with Crippen LogP contribution in [-0.4, -0.2) is 60.8 Å². The van der Waals surface area contributed by atoms with Crippen molar-refractivity contribution >= 4 is 23.9 Å². The second-order valence-corrected chi connectivity index (χ2v) is 6.13. The second-order valence-electron chi connectivity index (χ2n) is 6.13. The first-order valence-corrected chi connectivity index (χ1v) is 9.19. The fraction of sp³-hybridized carbons (Fsp3) is 0.238. The number of nitrogens with zero attached hydrogens (tertiary/aromatic N) is 2. The van der Waals surface area contributed by atoms with Gasteiger partial charge in [0.2, 0.25) is 0 Å². The number of hydrogen-bond donors (Lipinski definition) is 3. The van der Waals surface area contributed by atoms with Gasteiger partial charge in [0.05, 0.1) is 5.56 Å². The van der Waals surface area contributed by atoms with E-state index in [1.54, 1.807) is 18.2 Å². The van der Waals surface area contributed by atoms with Crippen LogP contribution in [0.15, 0.2) is 46.2 Å². The Labute approximate surface area is 178 Å². The van der Waals surface area contributed by atoms with E-state index in [0.717, 1.165) is 4.90 Å². The molecule has 31 heavy (non-hydrogen) atoms. The summed E-state index contributed by atoms with van der Waals surface area (Å²) in [7, 11) is 2.61. The number of hydrogen-bond acceptors (Lipinski definition) is 7. The van der Waals surface area contributed by atoms with Crippen LogP contribution in [0.4, 0.5) is 0 Å². The largest absolute Gasteiger partial charge is 0.462 e. The van der Waals surface area contributed by atoms with Crippen LogP contribution >= 0.6 is 0 Å². The zero-order valence-electron chi connectivity index (χ0n) is 17.2. The molecule has 0 spiro atoms. The third-order valence-corrected chi connectivity index (χ3v) is 4.05. The Kier molecular flexibility index (Phi) is 8.36. The molecular formula is C21H22N4O6. The summed E-state index contributed by atoms with van der Waals surface area (Å²) in [6.07, 6.45) is 2.92. The van der Waals surface area contributed by atoms with Gasteiger partial charge in [-0.15, -0.1) is 0 Å². The van der Waals surface area contributed by atoms with E-state index >= 15 is 0 Å². The van der Waals surface area contributed by atoms with Crippen molar-refractivity contribution < 1.29 is 28.8 Å². The normalized spacial score (nSPS) is 11.2. The van der Waals surface area contributed by atoms with Crippen LogP contribution in [0.5, 0.6) is 0 Å². The molecule has 0 saturated heterocycles. The molecule has 0 fully saturated rings. The van der Waals surface area contributed by atoms with Crippen LogP contribution in [0.3, 0.4) is 0 Å². The van der Waals surface area contributed by atoms with Crippen LogP contribution in [0.25, 0.3) is 0 Å². The molecule has 0 radical (unpaired) electrons. The molecule has 0 saturated carbocycles. The molecule has 1 heterocycles. The first-order chi connectivity index (χ1) is 14.9. The Bertz CT molecular complexity index is 1000. The van der Waals surface area contributed by atoms with E-state index in [-0.39, 0.29) is 5.56 Å². The molecule has 0 aliphatic rings. The third kappa shape index (κ3) is 6.19. The molecular weight excluding hydrogens is 404 g/mol. The lowest BCUT2D eigenvalue weighted by Crippen LogP contribution is -2.54. The topological polar surface area (TPSA) is 133 Å². The number of amides is 3. The van der Waals surface area contributed by atoms with Crippen LogP contribution in [0.2, 0.25) is 0 Å². The maximum absolute atomic E-state index is 12.6. The zero-order chi connectivity index (χ0) is 22.8. The van der Waals surface area contributed by atoms with Gasteiger partial charge in [-0.2, -0.15) is 0 Å². The summed E-state index contributed by atoms with van der Waals surface area (Å²) < 4.78 is 5.29. The first kappa shape index (κ1) is 23.2. The molecule has 2 rings (SSSR count). The number of benzene rings is 1. The minimum absolute atomic E-state index is 0.241. The number of rotatable bonds is 7. The van der Waals surface area contributed by atoms with Crippen LogP contribution in [-0.2, 0) is 14.4 Å². The van der Waals surface area contributed by atoms with Crippen molar-refractivity contribution in [3.05, 3.63) is 59.0 Å². The number of carbonyl (C=O) groups excluding carboxylic acids is 3. The molecule has 3 amide bonds. The smallest absolute Gasteiger partial charge is 0.275 e. The van der Waals surface area contributed by atoms with Crippen molar-refractivity contribution in [2.24, 2.45) is 5.16 Å². The monoisotopic (exact) mass is 426 g/mol. The summed E-state index contributed by atoms with van der Waals surface area (Å²) in [6.45, 7) is 2.28. The highest BCUT2D eigenvalue weighted by molar-refractivity contribution is 6.08. The summed E-state index contributed by atoms with van der Waals surface area (Å²) in [6, 6.07) is 6.49. The first-order valence-electron chi connectivity index (χ1n) is 9.19. The highest BCUT2D eigenvalue weighted by Crippen LogP contribution is 2.10. The Morgan fingerprint density at radius 2 is 1.90 bits per heavy atom. The standard InChI is InChI=1S/C21H22N4O6/c1-4-31-23-12-17-11-15(13-30-17)6-5-14-7-9-16(10-8-14)21(28)25(3)18(19(26)22-2)20(27)24-29/h7-13,18,29H,4H2,1-3H3,(H,22,26)(H,24,27). The minimum atomic E-state index is -1.52. The van der Waals surface area contributed by atoms with Crippen molar-refractivity contribution in [2.45, 2.75) is 13.0 Å². The number of oxime groups is 1. The van der Waals surface area contributed by atoms with Crippen LogP contribution < -0.4 is 10.8 Å². The van der Waals surface area contributed by atoms with Crippen LogP contribution in [0.1, 0.15) is 34.2 Å². The Hall–Kier alpha value is -4.10. The van der Waals surface area contributed by atoms with Gasteiger partial charge >= 0.3 is 0 Å². The van der Waals surface area contributed by atoms with Gasteiger partial charge in [0.15, 0.2) is 6.04 Å². The quantitative estimate of drug-likeness (QED) is 0.197. The SMILES string of the molecule is CCON=Cc1cc(C#Cc2ccc(C(=O)N(C)C(C(=O)NC)C(=O)NO)cc2)co1. The van der Waals surface area contributed by atoms with E-state index in [1.165, 1.54) is 44.2 Å². The average Bonchev–Trinajstić information content (AvgIpc) is 3.25. The molecule has 0 bridgehead atoms. The zero-order valence-corrected chi connectivity index (χ0v) is 17.2. The van der Waals surface area contributed by atoms with E-state index < -0.39 is 23.8 Å². The summed E-state index contributed by atoms with van der Waals surface area (Å²) >= 11 is 0. The number of carbonyl (C=O) groups is 3. The maximum Gasteiger partial charge on any atom is 0.275 e. The van der Waals surface area contributed by atoms with Crippen molar-refractivity contribution in [3.63, 3.8) is 0 Å². The van der Waals surface area contributed by atoms with Gasteiger partial charge in [-0.05, 0) is 31.2 Å². The van der Waals surface area contributed by atoms with Gasteiger partial charge < -0.3 is 19.5 Å². The van der Waals surface area contributed by atoms with Gasteiger partial charge in [-0.3, -0.25) is 19.6 Å². The highest BCUT2D eigenvalue weighted by Gasteiger charge is 2.33. The number of furan rings is 1. The average molecular weight is 426 g/mol. The third-order valence-electron chi connectivity index (χ3n) is 4.05. The van der Waals surface area contributed by atoms with Crippen LogP contribution in [0, 0.1) is 11.8 Å². The summed E-state index contributed by atoms with van der Waals surface area (Å²) in [4.78, 5) is 42.1. The van der Waals surface area contributed by atoms with E-state index in [9.17, 15) is 14.4 Å². The molecule has 1 atom stereocenters. The predicted octanol–water partition coefficient (Wildman–Crippen LogP) is 0.742. The molecule has 1 aromatic carbocycles. The van der Waals surface area contributed by atoms with Gasteiger partial charge in [0.25, 0.3) is 17.7 Å². The van der Waals surface area contributed by atoms with Gasteiger partial charge in [0, 0.05) is 31.3 Å². The molecule has 0 aliphatic heterocycles. The lowest BCUT2D eigenvalue weighted by molar-refractivity contribution is -0.140. The van der Waals surface area contributed by atoms with E-state index in [4.69, 9.17) is 14.5 Å². The Morgan fingerprint density at radius 3 is 2.52 bits per heavy atom. The van der Waals surface area contributed by atoms with E-state index in [2.05, 4.69) is 22.3 Å². The lowest BCUT2D eigenvalue weighted by Gasteiger charge is -2.25.